The number of hydrogen-bond donors (Lipinski definition) is 2. The first-order valence-corrected chi connectivity index (χ1v) is 6.13. The molecule has 0 spiro atoms. The van der Waals surface area contributed by atoms with Crippen LogP contribution in [-0.2, 0) is 4.79 Å². The zero-order valence-corrected chi connectivity index (χ0v) is 10.3. The number of carbonyl (C=O) groups excluding carboxylic acids is 1. The minimum atomic E-state index is -0.631. The molecule has 1 heterocycles. The number of aromatic nitrogens is 1. The van der Waals surface area contributed by atoms with Crippen LogP contribution in [0, 0.1) is 0 Å². The van der Waals surface area contributed by atoms with Crippen molar-refractivity contribution < 1.29 is 4.79 Å². The highest BCUT2D eigenvalue weighted by Gasteiger charge is 2.19. The fourth-order valence-corrected chi connectivity index (χ4v) is 2.26. The first-order valence-electron chi connectivity index (χ1n) is 4.87. The molecular formula is C11H10ClN3OS. The van der Waals surface area contributed by atoms with Crippen LogP contribution >= 0.6 is 22.9 Å². The van der Waals surface area contributed by atoms with E-state index >= 15 is 0 Å². The summed E-state index contributed by atoms with van der Waals surface area (Å²) in [5.41, 5.74) is 6.08. The van der Waals surface area contributed by atoms with Gasteiger partial charge in [-0.25, -0.2) is 4.98 Å². The van der Waals surface area contributed by atoms with Gasteiger partial charge in [0.1, 0.15) is 5.01 Å². The lowest BCUT2D eigenvalue weighted by atomic mass is 10.2. The van der Waals surface area contributed by atoms with Crippen molar-refractivity contribution in [3.8, 4) is 0 Å². The maximum absolute atomic E-state index is 11.4. The number of amides is 1. The zero-order chi connectivity index (χ0) is 12.3. The molecule has 1 amide bonds. The third-order valence-electron chi connectivity index (χ3n) is 2.12. The smallest absolute Gasteiger partial charge is 0.247 e. The van der Waals surface area contributed by atoms with E-state index in [2.05, 4.69) is 10.3 Å². The van der Waals surface area contributed by atoms with Gasteiger partial charge in [-0.2, -0.15) is 0 Å². The van der Waals surface area contributed by atoms with Crippen molar-refractivity contribution in [2.75, 3.05) is 5.32 Å². The Balaban J connectivity index is 2.22. The molecule has 1 atom stereocenters. The summed E-state index contributed by atoms with van der Waals surface area (Å²) >= 11 is 7.24. The first kappa shape index (κ1) is 11.9. The van der Waals surface area contributed by atoms with Gasteiger partial charge in [0.2, 0.25) is 5.91 Å². The molecule has 1 aromatic heterocycles. The van der Waals surface area contributed by atoms with Crippen LogP contribution in [-0.4, -0.2) is 10.9 Å². The van der Waals surface area contributed by atoms with E-state index in [9.17, 15) is 4.79 Å². The Morgan fingerprint density at radius 1 is 1.53 bits per heavy atom. The Kier molecular flexibility index (Phi) is 3.61. The summed E-state index contributed by atoms with van der Waals surface area (Å²) in [5, 5.41) is 6.04. The van der Waals surface area contributed by atoms with E-state index < -0.39 is 11.9 Å². The van der Waals surface area contributed by atoms with Gasteiger partial charge in [0.25, 0.3) is 0 Å². The van der Waals surface area contributed by atoms with Crippen LogP contribution in [0.3, 0.4) is 0 Å². The van der Waals surface area contributed by atoms with Gasteiger partial charge in [-0.05, 0) is 18.2 Å². The van der Waals surface area contributed by atoms with Crippen molar-refractivity contribution in [1.82, 2.24) is 4.98 Å². The number of primary amides is 1. The highest BCUT2D eigenvalue weighted by atomic mass is 35.5. The molecule has 0 saturated heterocycles. The molecular weight excluding hydrogens is 258 g/mol. The number of carbonyl (C=O) groups is 1. The van der Waals surface area contributed by atoms with Crippen molar-refractivity contribution >= 4 is 34.5 Å². The lowest BCUT2D eigenvalue weighted by Gasteiger charge is -2.14. The van der Waals surface area contributed by atoms with Crippen LogP contribution in [0.25, 0.3) is 0 Å². The Hall–Kier alpha value is -1.59. The SMILES string of the molecule is NC(=O)C(Nc1cccc(Cl)c1)c1nccs1. The minimum Gasteiger partial charge on any atom is -0.368 e. The summed E-state index contributed by atoms with van der Waals surface area (Å²) in [7, 11) is 0. The lowest BCUT2D eigenvalue weighted by Crippen LogP contribution is -2.27. The van der Waals surface area contributed by atoms with E-state index in [1.807, 2.05) is 6.07 Å². The fraction of sp³-hybridized carbons (Fsp3) is 0.0909. The number of nitrogens with zero attached hydrogens (tertiary/aromatic N) is 1. The molecule has 0 aliphatic heterocycles. The maximum Gasteiger partial charge on any atom is 0.247 e. The summed E-state index contributed by atoms with van der Waals surface area (Å²) < 4.78 is 0. The Labute approximate surface area is 107 Å². The third kappa shape index (κ3) is 2.95. The third-order valence-corrected chi connectivity index (χ3v) is 3.19. The van der Waals surface area contributed by atoms with Crippen LogP contribution in [0.1, 0.15) is 11.0 Å². The molecule has 1 unspecified atom stereocenters. The monoisotopic (exact) mass is 267 g/mol. The standard InChI is InChI=1S/C11H10ClN3OS/c12-7-2-1-3-8(6-7)15-9(10(13)16)11-14-4-5-17-11/h1-6,9,15H,(H2,13,16). The van der Waals surface area contributed by atoms with E-state index in [0.717, 1.165) is 5.69 Å². The molecule has 3 N–H and O–H groups in total. The number of halogens is 1. The maximum atomic E-state index is 11.4. The Bertz CT molecular complexity index is 515. The van der Waals surface area contributed by atoms with Crippen molar-refractivity contribution in [2.45, 2.75) is 6.04 Å². The number of thiazole rings is 1. The number of nitrogens with one attached hydrogen (secondary N) is 1. The highest BCUT2D eigenvalue weighted by Crippen LogP contribution is 2.23. The number of rotatable bonds is 4. The number of nitrogens with two attached hydrogens (primary N) is 1. The van der Waals surface area contributed by atoms with Gasteiger partial charge < -0.3 is 11.1 Å². The average Bonchev–Trinajstić information content (AvgIpc) is 2.78. The topological polar surface area (TPSA) is 68.0 Å². The van der Waals surface area contributed by atoms with E-state index in [0.29, 0.717) is 10.0 Å². The second-order valence-electron chi connectivity index (χ2n) is 3.36. The summed E-state index contributed by atoms with van der Waals surface area (Å²) in [6, 6.07) is 6.47. The molecule has 6 heteroatoms. The lowest BCUT2D eigenvalue weighted by molar-refractivity contribution is -0.118. The summed E-state index contributed by atoms with van der Waals surface area (Å²) in [6.45, 7) is 0. The summed E-state index contributed by atoms with van der Waals surface area (Å²) in [5.74, 6) is -0.472. The predicted molar refractivity (Wildman–Crippen MR) is 69.1 cm³/mol. The molecule has 4 nitrogen and oxygen atoms in total. The Morgan fingerprint density at radius 2 is 2.35 bits per heavy atom. The van der Waals surface area contributed by atoms with Crippen molar-refractivity contribution in [1.29, 1.82) is 0 Å². The highest BCUT2D eigenvalue weighted by molar-refractivity contribution is 7.09. The van der Waals surface area contributed by atoms with E-state index in [1.165, 1.54) is 11.3 Å². The van der Waals surface area contributed by atoms with Gasteiger partial charge in [-0.1, -0.05) is 17.7 Å². The Morgan fingerprint density at radius 3 is 2.94 bits per heavy atom. The summed E-state index contributed by atoms with van der Waals surface area (Å²) in [6.07, 6.45) is 1.63. The molecule has 0 fully saturated rings. The normalized spacial score (nSPS) is 12.1. The van der Waals surface area contributed by atoms with Gasteiger partial charge in [0, 0.05) is 22.3 Å². The molecule has 1 aromatic carbocycles. The van der Waals surface area contributed by atoms with Crippen LogP contribution in [0.4, 0.5) is 5.69 Å². The first-order chi connectivity index (χ1) is 8.16. The second kappa shape index (κ2) is 5.16. The molecule has 0 radical (unpaired) electrons. The van der Waals surface area contributed by atoms with Crippen molar-refractivity contribution in [2.24, 2.45) is 5.73 Å². The van der Waals surface area contributed by atoms with Gasteiger partial charge in [0.05, 0.1) is 0 Å². The molecule has 0 saturated carbocycles. The quantitative estimate of drug-likeness (QED) is 0.894. The minimum absolute atomic E-state index is 0.472. The molecule has 0 aliphatic carbocycles. The molecule has 2 aromatic rings. The van der Waals surface area contributed by atoms with E-state index in [1.54, 1.807) is 29.8 Å². The van der Waals surface area contributed by atoms with Crippen LogP contribution in [0.2, 0.25) is 5.02 Å². The largest absolute Gasteiger partial charge is 0.368 e. The molecule has 17 heavy (non-hydrogen) atoms. The van der Waals surface area contributed by atoms with Gasteiger partial charge in [-0.3, -0.25) is 4.79 Å². The van der Waals surface area contributed by atoms with Gasteiger partial charge in [0.15, 0.2) is 6.04 Å². The number of benzene rings is 1. The van der Waals surface area contributed by atoms with E-state index in [4.69, 9.17) is 17.3 Å². The molecule has 0 bridgehead atoms. The van der Waals surface area contributed by atoms with Crippen molar-refractivity contribution in [3.63, 3.8) is 0 Å². The van der Waals surface area contributed by atoms with Crippen molar-refractivity contribution in [3.05, 3.63) is 45.9 Å². The molecule has 0 aliphatic rings. The predicted octanol–water partition coefficient (Wildman–Crippen LogP) is 2.44. The summed E-state index contributed by atoms with van der Waals surface area (Å²) in [4.78, 5) is 15.5. The number of anilines is 1. The van der Waals surface area contributed by atoms with Crippen LogP contribution < -0.4 is 11.1 Å². The molecule has 88 valence electrons. The number of hydrogen-bond acceptors (Lipinski definition) is 4. The van der Waals surface area contributed by atoms with Gasteiger partial charge in [-0.15, -0.1) is 11.3 Å². The van der Waals surface area contributed by atoms with Crippen LogP contribution in [0.5, 0.6) is 0 Å². The average molecular weight is 268 g/mol. The molecule has 2 rings (SSSR count). The van der Waals surface area contributed by atoms with Crippen LogP contribution in [0.15, 0.2) is 35.8 Å². The van der Waals surface area contributed by atoms with E-state index in [-0.39, 0.29) is 0 Å². The zero-order valence-electron chi connectivity index (χ0n) is 8.76. The second-order valence-corrected chi connectivity index (χ2v) is 4.72. The fourth-order valence-electron chi connectivity index (χ4n) is 1.38. The van der Waals surface area contributed by atoms with Gasteiger partial charge >= 0.3 is 0 Å².